The molecule has 0 aliphatic rings. The predicted molar refractivity (Wildman–Crippen MR) is 160 cm³/mol. The number of amides is 4. The van der Waals surface area contributed by atoms with Crippen molar-refractivity contribution >= 4 is 45.9 Å². The van der Waals surface area contributed by atoms with Crippen LogP contribution in [0.4, 0.5) is 20.1 Å². The van der Waals surface area contributed by atoms with Crippen LogP contribution in [0.25, 0.3) is 0 Å². The summed E-state index contributed by atoms with van der Waals surface area (Å²) in [6.07, 6.45) is -3.37. The lowest BCUT2D eigenvalue weighted by molar-refractivity contribution is -0.123. The highest BCUT2D eigenvalue weighted by molar-refractivity contribution is 7.92. The zero-order chi connectivity index (χ0) is 33.6. The van der Waals surface area contributed by atoms with Crippen LogP contribution in [0.3, 0.4) is 0 Å². The number of aryl methyl sites for hydroxylation is 2. The van der Waals surface area contributed by atoms with Crippen LogP contribution in [0, 0.1) is 13.8 Å². The van der Waals surface area contributed by atoms with Crippen LogP contribution in [-0.4, -0.2) is 81.2 Å². The van der Waals surface area contributed by atoms with E-state index in [1.54, 1.807) is 26.0 Å². The Labute approximate surface area is 259 Å². The molecule has 2 aromatic rings. The van der Waals surface area contributed by atoms with Gasteiger partial charge in [-0.3, -0.25) is 24.5 Å². The molecule has 18 heteroatoms. The fourth-order valence-electron chi connectivity index (χ4n) is 3.47. The molecule has 1 heterocycles. The largest absolute Gasteiger partial charge is 0.450 e. The Morgan fingerprint density at radius 2 is 1.64 bits per heavy atom. The van der Waals surface area contributed by atoms with Crippen molar-refractivity contribution in [1.82, 2.24) is 20.3 Å². The Bertz CT molecular complexity index is 1570. The summed E-state index contributed by atoms with van der Waals surface area (Å²) in [7, 11) is -4.08. The standard InChI is InChI=1S/C27H36N6O11S/c1-6-41-25(36)29-24(30-26(37)42-7-2)33(27(38)43-8-3)44-15-14-28-22(34)17-32-19(5)12-13-21(23(32)35)31-45(39,40)20-11-9-10-18(4)16-20/h9-13,16,31H,6-8,14-15,17H2,1-5H3,(H,28,34)(H,29,30,36,37). The number of hydrogen-bond donors (Lipinski definition) is 3. The van der Waals surface area contributed by atoms with Gasteiger partial charge in [0, 0.05) is 12.2 Å². The van der Waals surface area contributed by atoms with Gasteiger partial charge in [0.2, 0.25) is 11.9 Å². The van der Waals surface area contributed by atoms with Gasteiger partial charge in [0.1, 0.15) is 12.2 Å². The van der Waals surface area contributed by atoms with Crippen LogP contribution >= 0.6 is 0 Å². The quantitative estimate of drug-likeness (QED) is 0.0992. The number of rotatable bonds is 12. The third-order valence-electron chi connectivity index (χ3n) is 5.46. The van der Waals surface area contributed by atoms with E-state index in [0.717, 1.165) is 4.57 Å². The lowest BCUT2D eigenvalue weighted by Crippen LogP contribution is -2.49. The van der Waals surface area contributed by atoms with E-state index in [9.17, 15) is 32.4 Å². The fraction of sp³-hybridized carbons (Fsp3) is 0.407. The van der Waals surface area contributed by atoms with Gasteiger partial charge in [0.05, 0.1) is 31.3 Å². The molecule has 0 atom stereocenters. The van der Waals surface area contributed by atoms with Crippen LogP contribution in [0.2, 0.25) is 0 Å². The van der Waals surface area contributed by atoms with Gasteiger partial charge in [0.25, 0.3) is 15.6 Å². The number of pyridine rings is 1. The number of aliphatic imine (C=N–C) groups is 1. The molecular weight excluding hydrogens is 616 g/mol. The van der Waals surface area contributed by atoms with E-state index in [-0.39, 0.29) is 36.9 Å². The summed E-state index contributed by atoms with van der Waals surface area (Å²) in [6.45, 7) is 6.55. The minimum atomic E-state index is -4.08. The molecule has 0 radical (unpaired) electrons. The van der Waals surface area contributed by atoms with Gasteiger partial charge >= 0.3 is 18.3 Å². The summed E-state index contributed by atoms with van der Waals surface area (Å²) in [5, 5.41) is 4.95. The number of carbonyl (C=O) groups excluding carboxylic acids is 4. The summed E-state index contributed by atoms with van der Waals surface area (Å²) in [4.78, 5) is 71.1. The lowest BCUT2D eigenvalue weighted by atomic mass is 10.2. The maximum absolute atomic E-state index is 13.1. The average Bonchev–Trinajstić information content (AvgIpc) is 2.97. The van der Waals surface area contributed by atoms with Crippen molar-refractivity contribution in [2.45, 2.75) is 46.1 Å². The summed E-state index contributed by atoms with van der Waals surface area (Å²) in [5.74, 6) is -1.38. The molecule has 17 nitrogen and oxygen atoms in total. The van der Waals surface area contributed by atoms with Gasteiger partial charge in [-0.2, -0.15) is 0 Å². The first-order valence-electron chi connectivity index (χ1n) is 13.7. The molecule has 4 amide bonds. The Balaban J connectivity index is 2.13. The molecule has 1 aromatic heterocycles. The van der Waals surface area contributed by atoms with Crippen molar-refractivity contribution in [3.05, 3.63) is 58.0 Å². The van der Waals surface area contributed by atoms with Crippen molar-refractivity contribution in [3.63, 3.8) is 0 Å². The molecule has 0 fully saturated rings. The van der Waals surface area contributed by atoms with Gasteiger partial charge in [-0.05, 0) is 64.4 Å². The second-order valence-electron chi connectivity index (χ2n) is 8.86. The Morgan fingerprint density at radius 1 is 0.956 bits per heavy atom. The second kappa shape index (κ2) is 17.4. The van der Waals surface area contributed by atoms with Crippen molar-refractivity contribution in [3.8, 4) is 0 Å². The SMILES string of the molecule is CCOC(=O)/N=C(\NC(=O)OCC)N(OCCNC(=O)Cn1c(C)ccc(NS(=O)(=O)c2cccc(C)c2)c1=O)C(=O)OCC. The summed E-state index contributed by atoms with van der Waals surface area (Å²) >= 11 is 0. The number of aromatic nitrogens is 1. The van der Waals surface area contributed by atoms with Crippen LogP contribution < -0.4 is 20.9 Å². The molecule has 0 saturated heterocycles. The van der Waals surface area contributed by atoms with Gasteiger partial charge in [-0.15, -0.1) is 10.1 Å². The lowest BCUT2D eigenvalue weighted by Gasteiger charge is -2.22. The van der Waals surface area contributed by atoms with E-state index < -0.39 is 58.9 Å². The molecule has 0 unspecified atom stereocenters. The molecule has 2 rings (SSSR count). The molecule has 0 saturated carbocycles. The third kappa shape index (κ3) is 11.2. The topological polar surface area (TPSA) is 213 Å². The van der Waals surface area contributed by atoms with Gasteiger partial charge in [-0.25, -0.2) is 22.8 Å². The number of nitrogens with one attached hydrogen (secondary N) is 3. The van der Waals surface area contributed by atoms with E-state index in [0.29, 0.717) is 16.3 Å². The predicted octanol–water partition coefficient (Wildman–Crippen LogP) is 2.03. The molecule has 45 heavy (non-hydrogen) atoms. The molecule has 3 N–H and O–H groups in total. The van der Waals surface area contributed by atoms with E-state index in [1.165, 1.54) is 45.0 Å². The number of ether oxygens (including phenoxy) is 3. The van der Waals surface area contributed by atoms with E-state index in [4.69, 9.17) is 19.0 Å². The van der Waals surface area contributed by atoms with Crippen molar-refractivity contribution in [1.29, 1.82) is 0 Å². The first kappa shape index (κ1) is 36.2. The zero-order valence-electron chi connectivity index (χ0n) is 25.4. The highest BCUT2D eigenvalue weighted by atomic mass is 32.2. The smallest absolute Gasteiger partial charge is 0.441 e. The number of carbonyl (C=O) groups is 4. The fourth-order valence-corrected chi connectivity index (χ4v) is 4.63. The number of anilines is 1. The number of hydroxylamine groups is 2. The zero-order valence-corrected chi connectivity index (χ0v) is 26.3. The van der Waals surface area contributed by atoms with E-state index in [1.807, 2.05) is 0 Å². The maximum atomic E-state index is 13.1. The maximum Gasteiger partial charge on any atom is 0.441 e. The minimum absolute atomic E-state index is 0.0310. The third-order valence-corrected chi connectivity index (χ3v) is 6.83. The monoisotopic (exact) mass is 652 g/mol. The molecular formula is C27H36N6O11S. The number of alkyl carbamates (subject to hydrolysis) is 1. The Kier molecular flexibility index (Phi) is 14.0. The summed E-state index contributed by atoms with van der Waals surface area (Å²) in [5.41, 5.74) is 0.0769. The van der Waals surface area contributed by atoms with Gasteiger partial charge in [-0.1, -0.05) is 12.1 Å². The number of guanidine groups is 1. The highest BCUT2D eigenvalue weighted by Crippen LogP contribution is 2.15. The average molecular weight is 653 g/mol. The van der Waals surface area contributed by atoms with Crippen molar-refractivity contribution in [2.75, 3.05) is 37.7 Å². The molecule has 0 spiro atoms. The first-order chi connectivity index (χ1) is 21.3. The van der Waals surface area contributed by atoms with Crippen LogP contribution in [0.1, 0.15) is 32.0 Å². The molecule has 246 valence electrons. The molecule has 0 aliphatic carbocycles. The Morgan fingerprint density at radius 3 is 2.29 bits per heavy atom. The Hall–Kier alpha value is -4.97. The van der Waals surface area contributed by atoms with E-state index >= 15 is 0 Å². The number of nitrogens with zero attached hydrogens (tertiary/aromatic N) is 3. The van der Waals surface area contributed by atoms with Crippen molar-refractivity contribution < 1.29 is 46.6 Å². The van der Waals surface area contributed by atoms with Crippen molar-refractivity contribution in [2.24, 2.45) is 4.99 Å². The number of sulfonamides is 1. The summed E-state index contributed by atoms with van der Waals surface area (Å²) < 4.78 is 43.4. The molecule has 1 aromatic carbocycles. The second-order valence-corrected chi connectivity index (χ2v) is 10.5. The molecule has 0 aliphatic heterocycles. The van der Waals surface area contributed by atoms with Gasteiger partial charge < -0.3 is 24.1 Å². The minimum Gasteiger partial charge on any atom is -0.450 e. The first-order valence-corrected chi connectivity index (χ1v) is 15.2. The number of hydrogen-bond acceptors (Lipinski definition) is 11. The summed E-state index contributed by atoms with van der Waals surface area (Å²) in [6, 6.07) is 8.92. The van der Waals surface area contributed by atoms with Crippen LogP contribution in [0.5, 0.6) is 0 Å². The van der Waals surface area contributed by atoms with Crippen LogP contribution in [0.15, 0.2) is 51.1 Å². The molecule has 0 bridgehead atoms. The van der Waals surface area contributed by atoms with Gasteiger partial charge in [0.15, 0.2) is 0 Å². The number of benzene rings is 1. The van der Waals surface area contributed by atoms with Crippen LogP contribution in [-0.2, 0) is 40.4 Å². The highest BCUT2D eigenvalue weighted by Gasteiger charge is 2.26. The van der Waals surface area contributed by atoms with E-state index in [2.05, 4.69) is 20.3 Å². The normalized spacial score (nSPS) is 11.3.